The van der Waals surface area contributed by atoms with Gasteiger partial charge in [-0.25, -0.2) is 0 Å². The number of methoxy groups -OCH3 is 1. The maximum Gasteiger partial charge on any atom is 0.253 e. The van der Waals surface area contributed by atoms with Gasteiger partial charge in [0.25, 0.3) is 5.91 Å². The van der Waals surface area contributed by atoms with Gasteiger partial charge in [0.15, 0.2) is 0 Å². The summed E-state index contributed by atoms with van der Waals surface area (Å²) < 4.78 is 14.2. The van der Waals surface area contributed by atoms with Crippen molar-refractivity contribution >= 4 is 28.4 Å². The van der Waals surface area contributed by atoms with Crippen molar-refractivity contribution in [2.45, 2.75) is 83.9 Å². The summed E-state index contributed by atoms with van der Waals surface area (Å²) in [5, 5.41) is 4.77. The van der Waals surface area contributed by atoms with Gasteiger partial charge in [-0.1, -0.05) is 85.3 Å². The first-order valence-electron chi connectivity index (χ1n) is 15.4. The molecule has 1 N–H and O–H groups in total. The Hall–Kier alpha value is -3.44. The minimum Gasteiger partial charge on any atom is -0.495 e. The van der Waals surface area contributed by atoms with Crippen LogP contribution in [-0.4, -0.2) is 23.7 Å². The van der Waals surface area contributed by atoms with Gasteiger partial charge in [-0.2, -0.15) is 0 Å². The second-order valence-electron chi connectivity index (χ2n) is 11.7. The predicted molar refractivity (Wildman–Crippen MR) is 172 cm³/mol. The fourth-order valence-electron chi connectivity index (χ4n) is 6.32. The molecule has 1 aromatic heterocycles. The van der Waals surface area contributed by atoms with E-state index in [1.807, 2.05) is 60.8 Å². The smallest absolute Gasteiger partial charge is 0.253 e. The molecule has 5 rings (SSSR count). The van der Waals surface area contributed by atoms with Crippen molar-refractivity contribution in [3.05, 3.63) is 94.6 Å². The van der Waals surface area contributed by atoms with Crippen LogP contribution in [0.5, 0.6) is 11.5 Å². The first-order valence-corrected chi connectivity index (χ1v) is 15.8. The summed E-state index contributed by atoms with van der Waals surface area (Å²) in [6, 6.07) is 21.9. The average Bonchev–Trinajstić information content (AvgIpc) is 3.22. The van der Waals surface area contributed by atoms with Crippen molar-refractivity contribution in [2.75, 3.05) is 7.11 Å². The van der Waals surface area contributed by atoms with E-state index in [-0.39, 0.29) is 12.0 Å². The summed E-state index contributed by atoms with van der Waals surface area (Å²) in [6.07, 6.45) is 13.0. The minimum atomic E-state index is -0.0560. The Morgan fingerprint density at radius 3 is 2.67 bits per heavy atom. The van der Waals surface area contributed by atoms with E-state index < -0.39 is 0 Å². The highest BCUT2D eigenvalue weighted by molar-refractivity contribution is 6.30. The molecule has 1 heterocycles. The van der Waals surface area contributed by atoms with Crippen molar-refractivity contribution in [1.82, 2.24) is 9.88 Å². The number of hydrogen-bond acceptors (Lipinski definition) is 3. The number of nitrogens with zero attached hydrogens (tertiary/aromatic N) is 1. The quantitative estimate of drug-likeness (QED) is 0.133. The van der Waals surface area contributed by atoms with Gasteiger partial charge in [-0.15, -0.1) is 0 Å². The fourth-order valence-corrected chi connectivity index (χ4v) is 6.50. The number of rotatable bonds is 12. The van der Waals surface area contributed by atoms with Gasteiger partial charge in [-0.05, 0) is 74.8 Å². The third-order valence-corrected chi connectivity index (χ3v) is 8.74. The number of unbranched alkanes of at least 4 members (excludes halogenated alkanes) is 2. The monoisotopic (exact) mass is 586 g/mol. The number of ether oxygens (including phenoxy) is 2. The molecule has 3 aromatic carbocycles. The Morgan fingerprint density at radius 2 is 1.83 bits per heavy atom. The number of para-hydroxylation sites is 1. The van der Waals surface area contributed by atoms with Crippen LogP contribution >= 0.6 is 11.6 Å². The molecule has 5 nitrogen and oxygen atoms in total. The summed E-state index contributed by atoms with van der Waals surface area (Å²) >= 11 is 6.13. The van der Waals surface area contributed by atoms with Crippen LogP contribution in [0.1, 0.15) is 79.3 Å². The van der Waals surface area contributed by atoms with Crippen LogP contribution in [0.3, 0.4) is 0 Å². The average molecular weight is 587 g/mol. The third-order valence-electron chi connectivity index (χ3n) is 8.51. The van der Waals surface area contributed by atoms with Gasteiger partial charge in [0.1, 0.15) is 11.5 Å². The number of halogens is 1. The van der Waals surface area contributed by atoms with E-state index in [9.17, 15) is 4.79 Å². The number of carbonyl (C=O) groups excluding carboxylic acids is 1. The van der Waals surface area contributed by atoms with Crippen LogP contribution < -0.4 is 14.8 Å². The number of nitrogens with one attached hydrogen (secondary N) is 1. The summed E-state index contributed by atoms with van der Waals surface area (Å²) in [4.78, 5) is 13.3. The first kappa shape index (κ1) is 30.0. The minimum absolute atomic E-state index is 0.0560. The second-order valence-corrected chi connectivity index (χ2v) is 12.1. The highest BCUT2D eigenvalue weighted by Crippen LogP contribution is 2.32. The Morgan fingerprint density at radius 1 is 0.976 bits per heavy atom. The molecule has 0 radical (unpaired) electrons. The van der Waals surface area contributed by atoms with Crippen molar-refractivity contribution in [3.8, 4) is 11.5 Å². The molecule has 4 aromatic rings. The van der Waals surface area contributed by atoms with E-state index in [2.05, 4.69) is 28.9 Å². The molecule has 2 atom stereocenters. The van der Waals surface area contributed by atoms with E-state index in [1.54, 1.807) is 7.11 Å². The van der Waals surface area contributed by atoms with Gasteiger partial charge in [0.2, 0.25) is 0 Å². The Bertz CT molecular complexity index is 1480. The van der Waals surface area contributed by atoms with Crippen molar-refractivity contribution < 1.29 is 14.3 Å². The molecule has 0 aliphatic heterocycles. The standard InChI is InChI=1S/C36H43ClN2O3/c1-26-10-6-13-28(22-26)24-38-36(40)33-25-39(35-32(33)17-9-18-34(35)41-2)21-5-3-4-11-27-12-7-15-30(20-19-27)42-31-16-8-14-29(37)23-31/h6,8-10,13-14,16-18,22-23,25,27,30H,3-5,7,11-12,15,19-21,24H2,1-2H3,(H,38,40). The fraction of sp³-hybridized carbons (Fsp3) is 0.417. The number of aromatic nitrogens is 1. The molecule has 1 fully saturated rings. The zero-order valence-electron chi connectivity index (χ0n) is 24.9. The third kappa shape index (κ3) is 7.89. The first-order chi connectivity index (χ1) is 20.5. The molecular weight excluding hydrogens is 544 g/mol. The SMILES string of the molecule is COc1cccc2c(C(=O)NCc3cccc(C)c3)cn(CCCCCC3CCCC(Oc4cccc(Cl)c4)CC3)c12. The van der Waals surface area contributed by atoms with Crippen molar-refractivity contribution in [2.24, 2.45) is 5.92 Å². The second kappa shape index (κ2) is 14.6. The summed E-state index contributed by atoms with van der Waals surface area (Å²) in [5.41, 5.74) is 3.98. The molecule has 1 aliphatic rings. The lowest BCUT2D eigenvalue weighted by atomic mass is 9.94. The lowest BCUT2D eigenvalue weighted by molar-refractivity contribution is 0.0952. The van der Waals surface area contributed by atoms with Gasteiger partial charge in [0.05, 0.1) is 24.3 Å². The van der Waals surface area contributed by atoms with Gasteiger partial charge >= 0.3 is 0 Å². The largest absolute Gasteiger partial charge is 0.495 e. The van der Waals surface area contributed by atoms with E-state index in [0.717, 1.165) is 64.7 Å². The number of carbonyl (C=O) groups is 1. The Kier molecular flexibility index (Phi) is 10.5. The molecule has 42 heavy (non-hydrogen) atoms. The molecular formula is C36H43ClN2O3. The topological polar surface area (TPSA) is 52.5 Å². The summed E-state index contributed by atoms with van der Waals surface area (Å²) in [6.45, 7) is 3.43. The van der Waals surface area contributed by atoms with Gasteiger partial charge < -0.3 is 19.4 Å². The van der Waals surface area contributed by atoms with Crippen LogP contribution in [0.25, 0.3) is 10.9 Å². The molecule has 2 unspecified atom stereocenters. The molecule has 1 amide bonds. The van der Waals surface area contributed by atoms with Crippen LogP contribution in [0.4, 0.5) is 0 Å². The predicted octanol–water partition coefficient (Wildman–Crippen LogP) is 9.13. The normalized spacial score (nSPS) is 17.1. The molecule has 222 valence electrons. The van der Waals surface area contributed by atoms with E-state index >= 15 is 0 Å². The summed E-state index contributed by atoms with van der Waals surface area (Å²) in [7, 11) is 1.70. The number of amides is 1. The lowest BCUT2D eigenvalue weighted by Gasteiger charge is -2.17. The number of benzene rings is 3. The Balaban J connectivity index is 1.12. The van der Waals surface area contributed by atoms with Crippen molar-refractivity contribution in [1.29, 1.82) is 0 Å². The number of fused-ring (bicyclic) bond motifs is 1. The summed E-state index contributed by atoms with van der Waals surface area (Å²) in [5.74, 6) is 2.40. The van der Waals surface area contributed by atoms with Crippen LogP contribution in [0.2, 0.25) is 5.02 Å². The van der Waals surface area contributed by atoms with Gasteiger partial charge in [-0.3, -0.25) is 4.79 Å². The molecule has 1 aliphatic carbocycles. The highest BCUT2D eigenvalue weighted by atomic mass is 35.5. The molecule has 1 saturated carbocycles. The van der Waals surface area contributed by atoms with Gasteiger partial charge in [0, 0.05) is 29.7 Å². The highest BCUT2D eigenvalue weighted by Gasteiger charge is 2.21. The number of hydrogen-bond donors (Lipinski definition) is 1. The molecule has 0 saturated heterocycles. The van der Waals surface area contributed by atoms with Crippen LogP contribution in [-0.2, 0) is 13.1 Å². The van der Waals surface area contributed by atoms with Crippen LogP contribution in [0.15, 0.2) is 72.9 Å². The lowest BCUT2D eigenvalue weighted by Crippen LogP contribution is -2.22. The molecule has 6 heteroatoms. The molecule has 0 bridgehead atoms. The Labute approximate surface area is 255 Å². The van der Waals surface area contributed by atoms with E-state index in [1.165, 1.54) is 44.1 Å². The van der Waals surface area contributed by atoms with Crippen LogP contribution in [0, 0.1) is 12.8 Å². The number of aryl methyl sites for hydroxylation is 2. The molecule has 0 spiro atoms. The zero-order chi connectivity index (χ0) is 29.3. The van der Waals surface area contributed by atoms with Crippen molar-refractivity contribution in [3.63, 3.8) is 0 Å². The maximum absolute atomic E-state index is 13.3. The zero-order valence-corrected chi connectivity index (χ0v) is 25.7. The van der Waals surface area contributed by atoms with E-state index in [0.29, 0.717) is 12.1 Å². The van der Waals surface area contributed by atoms with E-state index in [4.69, 9.17) is 21.1 Å². The maximum atomic E-state index is 13.3.